The summed E-state index contributed by atoms with van der Waals surface area (Å²) in [4.78, 5) is 0. The maximum absolute atomic E-state index is 5.38. The first-order chi connectivity index (χ1) is 6.81. The lowest BCUT2D eigenvalue weighted by Crippen LogP contribution is -2.17. The molecule has 0 aromatic rings. The van der Waals surface area contributed by atoms with Gasteiger partial charge >= 0.3 is 0 Å². The van der Waals surface area contributed by atoms with Crippen molar-refractivity contribution in [2.24, 2.45) is 0 Å². The summed E-state index contributed by atoms with van der Waals surface area (Å²) in [5.41, 5.74) is 0. The van der Waals surface area contributed by atoms with Crippen LogP contribution in [0.25, 0.3) is 0 Å². The molecule has 1 unspecified atom stereocenters. The summed E-state index contributed by atoms with van der Waals surface area (Å²) < 4.78 is 16.0. The highest BCUT2D eigenvalue weighted by Crippen LogP contribution is 1.92. The van der Waals surface area contributed by atoms with E-state index in [9.17, 15) is 0 Å². The van der Waals surface area contributed by atoms with E-state index in [1.54, 1.807) is 0 Å². The number of ether oxygens (including phenoxy) is 3. The minimum atomic E-state index is 0.190. The molecule has 0 radical (unpaired) electrons. The van der Waals surface area contributed by atoms with E-state index in [2.05, 4.69) is 6.92 Å². The van der Waals surface area contributed by atoms with E-state index in [4.69, 9.17) is 14.2 Å². The number of rotatable bonds is 10. The molecule has 0 amide bonds. The van der Waals surface area contributed by atoms with Gasteiger partial charge in [-0.1, -0.05) is 13.3 Å². The Bertz CT molecular complexity index is 107. The van der Waals surface area contributed by atoms with Crippen LogP contribution in [0.3, 0.4) is 0 Å². The minimum absolute atomic E-state index is 0.190. The summed E-state index contributed by atoms with van der Waals surface area (Å²) >= 11 is 0. The van der Waals surface area contributed by atoms with E-state index < -0.39 is 0 Å². The van der Waals surface area contributed by atoms with Crippen molar-refractivity contribution in [3.8, 4) is 0 Å². The molecule has 0 aromatic carbocycles. The average Bonchev–Trinajstić information content (AvgIpc) is 2.17. The summed E-state index contributed by atoms with van der Waals surface area (Å²) in [6.45, 7) is 9.78. The maximum Gasteiger partial charge on any atom is 0.0780 e. The molecule has 0 aliphatic rings. The molecule has 3 heteroatoms. The van der Waals surface area contributed by atoms with Crippen molar-refractivity contribution < 1.29 is 14.2 Å². The number of hydrogen-bond donors (Lipinski definition) is 0. The van der Waals surface area contributed by atoms with Gasteiger partial charge in [-0.2, -0.15) is 0 Å². The van der Waals surface area contributed by atoms with Crippen molar-refractivity contribution >= 4 is 0 Å². The van der Waals surface area contributed by atoms with Crippen LogP contribution < -0.4 is 0 Å². The second-order valence-electron chi connectivity index (χ2n) is 3.31. The Hall–Kier alpha value is -0.120. The van der Waals surface area contributed by atoms with Gasteiger partial charge in [0.15, 0.2) is 0 Å². The van der Waals surface area contributed by atoms with Crippen LogP contribution in [0.15, 0.2) is 0 Å². The van der Waals surface area contributed by atoms with Crippen molar-refractivity contribution in [1.82, 2.24) is 0 Å². The van der Waals surface area contributed by atoms with Gasteiger partial charge in [0.05, 0.1) is 25.9 Å². The minimum Gasteiger partial charge on any atom is -0.379 e. The SMILES string of the molecule is CCCCOCCOCC(C)OCC. The first kappa shape index (κ1) is 13.9. The fourth-order valence-electron chi connectivity index (χ4n) is 1.05. The third-order valence-corrected chi connectivity index (χ3v) is 1.82. The Kier molecular flexibility index (Phi) is 10.9. The molecule has 0 aromatic heterocycles. The molecule has 0 fully saturated rings. The summed E-state index contributed by atoms with van der Waals surface area (Å²) in [5.74, 6) is 0. The van der Waals surface area contributed by atoms with Gasteiger partial charge in [0.25, 0.3) is 0 Å². The first-order valence-electron chi connectivity index (χ1n) is 5.58. The summed E-state index contributed by atoms with van der Waals surface area (Å²) in [6, 6.07) is 0. The van der Waals surface area contributed by atoms with Gasteiger partial charge in [-0.3, -0.25) is 0 Å². The van der Waals surface area contributed by atoms with Gasteiger partial charge in [-0.15, -0.1) is 0 Å². The fourth-order valence-corrected chi connectivity index (χ4v) is 1.05. The molecular weight excluding hydrogens is 180 g/mol. The highest BCUT2D eigenvalue weighted by atomic mass is 16.5. The van der Waals surface area contributed by atoms with Crippen molar-refractivity contribution in [3.63, 3.8) is 0 Å². The van der Waals surface area contributed by atoms with Crippen LogP contribution in [0.5, 0.6) is 0 Å². The predicted octanol–water partition coefficient (Wildman–Crippen LogP) is 2.24. The van der Waals surface area contributed by atoms with Crippen molar-refractivity contribution in [2.75, 3.05) is 33.0 Å². The van der Waals surface area contributed by atoms with Crippen LogP contribution in [0.2, 0.25) is 0 Å². The lowest BCUT2D eigenvalue weighted by Gasteiger charge is -2.11. The van der Waals surface area contributed by atoms with Gasteiger partial charge in [0.2, 0.25) is 0 Å². The molecule has 0 saturated heterocycles. The Morgan fingerprint density at radius 3 is 2.36 bits per heavy atom. The van der Waals surface area contributed by atoms with E-state index in [1.165, 1.54) is 6.42 Å². The fraction of sp³-hybridized carbons (Fsp3) is 1.00. The zero-order chi connectivity index (χ0) is 10.6. The second kappa shape index (κ2) is 11.0. The number of unbranched alkanes of at least 4 members (excludes halogenated alkanes) is 1. The summed E-state index contributed by atoms with van der Waals surface area (Å²) in [5, 5.41) is 0. The molecule has 1 atom stereocenters. The molecule has 0 aliphatic heterocycles. The normalized spacial score (nSPS) is 13.1. The highest BCUT2D eigenvalue weighted by Gasteiger charge is 1.99. The first-order valence-corrected chi connectivity index (χ1v) is 5.58. The van der Waals surface area contributed by atoms with Gasteiger partial charge in [-0.05, 0) is 20.3 Å². The van der Waals surface area contributed by atoms with Gasteiger partial charge in [-0.25, -0.2) is 0 Å². The van der Waals surface area contributed by atoms with Crippen LogP contribution in [-0.4, -0.2) is 39.1 Å². The molecule has 3 nitrogen and oxygen atoms in total. The smallest absolute Gasteiger partial charge is 0.0780 e. The average molecular weight is 204 g/mol. The van der Waals surface area contributed by atoms with Crippen LogP contribution in [0.4, 0.5) is 0 Å². The molecule has 86 valence electrons. The topological polar surface area (TPSA) is 27.7 Å². The van der Waals surface area contributed by atoms with E-state index in [1.807, 2.05) is 13.8 Å². The van der Waals surface area contributed by atoms with E-state index in [0.29, 0.717) is 19.8 Å². The van der Waals surface area contributed by atoms with Crippen molar-refractivity contribution in [1.29, 1.82) is 0 Å². The van der Waals surface area contributed by atoms with Crippen LogP contribution in [0, 0.1) is 0 Å². The monoisotopic (exact) mass is 204 g/mol. The predicted molar refractivity (Wildman–Crippen MR) is 57.6 cm³/mol. The lowest BCUT2D eigenvalue weighted by molar-refractivity contribution is -0.0199. The van der Waals surface area contributed by atoms with Gasteiger partial charge in [0, 0.05) is 13.2 Å². The summed E-state index contributed by atoms with van der Waals surface area (Å²) in [7, 11) is 0. The largest absolute Gasteiger partial charge is 0.379 e. The Morgan fingerprint density at radius 2 is 1.71 bits per heavy atom. The Balaban J connectivity index is 2.98. The second-order valence-corrected chi connectivity index (χ2v) is 3.31. The highest BCUT2D eigenvalue weighted by molar-refractivity contribution is 4.45. The van der Waals surface area contributed by atoms with Gasteiger partial charge < -0.3 is 14.2 Å². The third-order valence-electron chi connectivity index (χ3n) is 1.82. The standard InChI is InChI=1S/C11H24O3/c1-4-6-7-12-8-9-13-10-11(3)14-5-2/h11H,4-10H2,1-3H3. The molecular formula is C11H24O3. The quantitative estimate of drug-likeness (QED) is 0.511. The molecule has 14 heavy (non-hydrogen) atoms. The molecule has 0 N–H and O–H groups in total. The molecule has 0 aliphatic carbocycles. The van der Waals surface area contributed by atoms with E-state index >= 15 is 0 Å². The van der Waals surface area contributed by atoms with Crippen molar-refractivity contribution in [2.45, 2.75) is 39.7 Å². The molecule has 0 spiro atoms. The van der Waals surface area contributed by atoms with Crippen LogP contribution >= 0.6 is 0 Å². The Labute approximate surface area is 87.7 Å². The molecule has 0 heterocycles. The van der Waals surface area contributed by atoms with E-state index in [0.717, 1.165) is 19.6 Å². The number of hydrogen-bond acceptors (Lipinski definition) is 3. The van der Waals surface area contributed by atoms with E-state index in [-0.39, 0.29) is 6.10 Å². The molecule has 0 rings (SSSR count). The van der Waals surface area contributed by atoms with Crippen LogP contribution in [-0.2, 0) is 14.2 Å². The van der Waals surface area contributed by atoms with Crippen LogP contribution in [0.1, 0.15) is 33.6 Å². The summed E-state index contributed by atoms with van der Waals surface area (Å²) in [6.07, 6.45) is 2.51. The zero-order valence-electron chi connectivity index (χ0n) is 9.75. The third kappa shape index (κ3) is 9.96. The zero-order valence-corrected chi connectivity index (χ0v) is 9.75. The Morgan fingerprint density at radius 1 is 1.00 bits per heavy atom. The molecule has 0 saturated carbocycles. The molecule has 0 bridgehead atoms. The van der Waals surface area contributed by atoms with Gasteiger partial charge in [0.1, 0.15) is 0 Å². The lowest BCUT2D eigenvalue weighted by atomic mass is 10.4. The van der Waals surface area contributed by atoms with Crippen molar-refractivity contribution in [3.05, 3.63) is 0 Å². The maximum atomic E-state index is 5.38.